The highest BCUT2D eigenvalue weighted by Gasteiger charge is 2.21. The number of halogens is 2. The Hall–Kier alpha value is -2.86. The maximum Gasteiger partial charge on any atom is 0.175 e. The monoisotopic (exact) mass is 602 g/mol. The third-order valence-corrected chi connectivity index (χ3v) is 9.09. The second-order valence-electron chi connectivity index (χ2n) is 8.30. The normalized spacial score (nSPS) is 11.4. The molecule has 0 atom stereocenters. The van der Waals surface area contributed by atoms with E-state index in [4.69, 9.17) is 9.47 Å². The van der Waals surface area contributed by atoms with Gasteiger partial charge in [-0.1, -0.05) is 72.8 Å². The lowest BCUT2D eigenvalue weighted by molar-refractivity contribution is 0.282. The SMILES string of the molecule is COc1cc(-c2c3ccccc3c(Br)c3sc4ccccc4c23)cc(Br)c1OCc1ccccc1. The molecule has 35 heavy (non-hydrogen) atoms. The van der Waals surface area contributed by atoms with Crippen molar-refractivity contribution in [2.75, 3.05) is 7.11 Å². The van der Waals surface area contributed by atoms with Crippen LogP contribution in [0.1, 0.15) is 5.56 Å². The van der Waals surface area contributed by atoms with Crippen LogP contribution in [0.15, 0.2) is 99.9 Å². The Morgan fingerprint density at radius 3 is 2.23 bits per heavy atom. The molecular weight excluding hydrogens is 584 g/mol. The van der Waals surface area contributed by atoms with Gasteiger partial charge in [0.15, 0.2) is 11.5 Å². The van der Waals surface area contributed by atoms with Gasteiger partial charge < -0.3 is 9.47 Å². The zero-order chi connectivity index (χ0) is 23.9. The first-order valence-electron chi connectivity index (χ1n) is 11.2. The van der Waals surface area contributed by atoms with E-state index in [9.17, 15) is 0 Å². The van der Waals surface area contributed by atoms with Crippen LogP contribution in [-0.4, -0.2) is 7.11 Å². The summed E-state index contributed by atoms with van der Waals surface area (Å²) in [5.74, 6) is 1.40. The number of fused-ring (bicyclic) bond motifs is 4. The van der Waals surface area contributed by atoms with Gasteiger partial charge in [0.2, 0.25) is 0 Å². The topological polar surface area (TPSA) is 18.5 Å². The first-order chi connectivity index (χ1) is 17.2. The van der Waals surface area contributed by atoms with Gasteiger partial charge in [0.05, 0.1) is 16.3 Å². The molecule has 6 rings (SSSR count). The van der Waals surface area contributed by atoms with Gasteiger partial charge in [-0.2, -0.15) is 0 Å². The number of methoxy groups -OCH3 is 1. The summed E-state index contributed by atoms with van der Waals surface area (Å²) < 4.78 is 16.6. The number of ether oxygens (including phenoxy) is 2. The summed E-state index contributed by atoms with van der Waals surface area (Å²) in [6.07, 6.45) is 0. The van der Waals surface area contributed by atoms with Crippen LogP contribution >= 0.6 is 43.2 Å². The lowest BCUT2D eigenvalue weighted by atomic mass is 9.93. The Labute approximate surface area is 224 Å². The average molecular weight is 604 g/mol. The van der Waals surface area contributed by atoms with Crippen LogP contribution in [0.2, 0.25) is 0 Å². The molecule has 1 aromatic heterocycles. The summed E-state index contributed by atoms with van der Waals surface area (Å²) in [4.78, 5) is 0. The molecule has 0 N–H and O–H groups in total. The molecule has 2 nitrogen and oxygen atoms in total. The Morgan fingerprint density at radius 1 is 0.771 bits per heavy atom. The third kappa shape index (κ3) is 3.92. The third-order valence-electron chi connectivity index (χ3n) is 6.22. The minimum absolute atomic E-state index is 0.468. The van der Waals surface area contributed by atoms with Crippen LogP contribution < -0.4 is 9.47 Å². The quantitative estimate of drug-likeness (QED) is 0.195. The molecule has 0 aliphatic rings. The molecule has 0 radical (unpaired) electrons. The van der Waals surface area contributed by atoms with E-state index in [-0.39, 0.29) is 0 Å². The van der Waals surface area contributed by atoms with Crippen molar-refractivity contribution in [2.45, 2.75) is 6.61 Å². The minimum Gasteiger partial charge on any atom is -0.493 e. The van der Waals surface area contributed by atoms with Gasteiger partial charge in [-0.3, -0.25) is 0 Å². The number of hydrogen-bond acceptors (Lipinski definition) is 3. The number of rotatable bonds is 5. The smallest absolute Gasteiger partial charge is 0.175 e. The van der Waals surface area contributed by atoms with E-state index in [2.05, 4.69) is 105 Å². The van der Waals surface area contributed by atoms with Crippen molar-refractivity contribution in [1.29, 1.82) is 0 Å². The van der Waals surface area contributed by atoms with Crippen molar-refractivity contribution in [3.05, 3.63) is 106 Å². The molecule has 6 aromatic rings. The largest absolute Gasteiger partial charge is 0.493 e. The fraction of sp³-hybridized carbons (Fsp3) is 0.0667. The molecule has 0 aliphatic carbocycles. The molecule has 5 heteroatoms. The fourth-order valence-electron chi connectivity index (χ4n) is 4.63. The molecule has 1 heterocycles. The second-order valence-corrected chi connectivity index (χ2v) is 11.0. The highest BCUT2D eigenvalue weighted by atomic mass is 79.9. The highest BCUT2D eigenvalue weighted by Crippen LogP contribution is 2.50. The van der Waals surface area contributed by atoms with Crippen molar-refractivity contribution < 1.29 is 9.47 Å². The Kier molecular flexibility index (Phi) is 6.01. The molecule has 0 saturated carbocycles. The highest BCUT2D eigenvalue weighted by molar-refractivity contribution is 9.11. The van der Waals surface area contributed by atoms with Crippen LogP contribution in [0.4, 0.5) is 0 Å². The molecule has 172 valence electrons. The van der Waals surface area contributed by atoms with E-state index in [1.54, 1.807) is 7.11 Å². The number of thiophene rings is 1. The van der Waals surface area contributed by atoms with Crippen molar-refractivity contribution in [2.24, 2.45) is 0 Å². The van der Waals surface area contributed by atoms with E-state index < -0.39 is 0 Å². The standard InChI is InChI=1S/C30H20Br2O2S/c1-33-24-16-19(15-23(31)29(24)34-17-18-9-3-2-4-10-18)26-20-11-5-6-12-21(20)28(32)30-27(26)22-13-7-8-14-25(22)35-30/h2-16H,17H2,1H3. The fourth-order valence-corrected chi connectivity index (χ4v) is 7.14. The predicted molar refractivity (Wildman–Crippen MR) is 155 cm³/mol. The Bertz CT molecular complexity index is 1710. The van der Waals surface area contributed by atoms with Crippen LogP contribution in [0.5, 0.6) is 11.5 Å². The zero-order valence-electron chi connectivity index (χ0n) is 18.8. The maximum absolute atomic E-state index is 6.21. The minimum atomic E-state index is 0.468. The predicted octanol–water partition coefficient (Wildman–Crippen LogP) is 9.99. The van der Waals surface area contributed by atoms with Crippen molar-refractivity contribution in [1.82, 2.24) is 0 Å². The molecule has 5 aromatic carbocycles. The van der Waals surface area contributed by atoms with Crippen LogP contribution in [0.3, 0.4) is 0 Å². The van der Waals surface area contributed by atoms with Gasteiger partial charge in [-0.15, -0.1) is 11.3 Å². The molecule has 0 aliphatic heterocycles. The lowest BCUT2D eigenvalue weighted by Crippen LogP contribution is -1.99. The van der Waals surface area contributed by atoms with Gasteiger partial charge in [0.25, 0.3) is 0 Å². The van der Waals surface area contributed by atoms with Gasteiger partial charge in [-0.05, 0) is 77.5 Å². The molecular formula is C30H20Br2O2S. The van der Waals surface area contributed by atoms with Crippen LogP contribution in [0, 0.1) is 0 Å². The molecule has 0 spiro atoms. The molecule has 0 fully saturated rings. The van der Waals surface area contributed by atoms with Gasteiger partial charge in [0, 0.05) is 19.9 Å². The van der Waals surface area contributed by atoms with E-state index in [1.165, 1.54) is 36.5 Å². The van der Waals surface area contributed by atoms with E-state index in [0.717, 1.165) is 20.1 Å². The summed E-state index contributed by atoms with van der Waals surface area (Å²) in [5.41, 5.74) is 3.39. The van der Waals surface area contributed by atoms with E-state index >= 15 is 0 Å². The molecule has 0 amide bonds. The zero-order valence-corrected chi connectivity index (χ0v) is 22.8. The van der Waals surface area contributed by atoms with Crippen LogP contribution in [0.25, 0.3) is 42.1 Å². The lowest BCUT2D eigenvalue weighted by Gasteiger charge is -2.17. The van der Waals surface area contributed by atoms with Crippen molar-refractivity contribution >= 4 is 74.1 Å². The van der Waals surface area contributed by atoms with E-state index in [1.807, 2.05) is 29.5 Å². The Balaban J connectivity index is 1.60. The average Bonchev–Trinajstić information content (AvgIpc) is 3.28. The van der Waals surface area contributed by atoms with E-state index in [0.29, 0.717) is 18.1 Å². The number of benzene rings is 5. The Morgan fingerprint density at radius 2 is 1.46 bits per heavy atom. The maximum atomic E-state index is 6.21. The summed E-state index contributed by atoms with van der Waals surface area (Å²) in [5, 5.41) is 4.90. The van der Waals surface area contributed by atoms with Crippen molar-refractivity contribution in [3.63, 3.8) is 0 Å². The van der Waals surface area contributed by atoms with Crippen LogP contribution in [-0.2, 0) is 6.61 Å². The van der Waals surface area contributed by atoms with Gasteiger partial charge in [0.1, 0.15) is 6.61 Å². The summed E-state index contributed by atoms with van der Waals surface area (Å²) in [6.45, 7) is 0.468. The molecule has 0 bridgehead atoms. The van der Waals surface area contributed by atoms with Crippen molar-refractivity contribution in [3.8, 4) is 22.6 Å². The summed E-state index contributed by atoms with van der Waals surface area (Å²) in [7, 11) is 1.69. The van der Waals surface area contributed by atoms with Gasteiger partial charge >= 0.3 is 0 Å². The first kappa shape index (κ1) is 22.6. The molecule has 0 saturated heterocycles. The summed E-state index contributed by atoms with van der Waals surface area (Å²) >= 11 is 9.52. The summed E-state index contributed by atoms with van der Waals surface area (Å²) in [6, 6.07) is 31.6. The number of hydrogen-bond donors (Lipinski definition) is 0. The second kappa shape index (κ2) is 9.30. The van der Waals surface area contributed by atoms with Gasteiger partial charge in [-0.25, -0.2) is 0 Å². The molecule has 0 unspecified atom stereocenters. The first-order valence-corrected chi connectivity index (χ1v) is 13.6.